The van der Waals surface area contributed by atoms with E-state index in [9.17, 15) is 9.90 Å². The second-order valence-corrected chi connectivity index (χ2v) is 4.91. The Hall–Kier alpha value is -1.35. The Morgan fingerprint density at radius 2 is 1.94 bits per heavy atom. The van der Waals surface area contributed by atoms with Crippen LogP contribution in [0.5, 0.6) is 0 Å². The van der Waals surface area contributed by atoms with Gasteiger partial charge in [-0.05, 0) is 18.4 Å². The number of benzene rings is 1. The first-order valence-corrected chi connectivity index (χ1v) is 6.22. The SMILES string of the molecule is NC1(C(=O)O)CCCCCC1c1ccccc1. The average molecular weight is 233 g/mol. The van der Waals surface area contributed by atoms with E-state index in [-0.39, 0.29) is 5.92 Å². The Kier molecular flexibility index (Phi) is 3.48. The van der Waals surface area contributed by atoms with E-state index in [1.165, 1.54) is 0 Å². The Morgan fingerprint density at radius 3 is 2.59 bits per heavy atom. The van der Waals surface area contributed by atoms with Crippen LogP contribution in [-0.4, -0.2) is 16.6 Å². The van der Waals surface area contributed by atoms with E-state index in [1.807, 2.05) is 30.3 Å². The van der Waals surface area contributed by atoms with Crippen LogP contribution in [0.2, 0.25) is 0 Å². The maximum atomic E-state index is 11.5. The highest BCUT2D eigenvalue weighted by atomic mass is 16.4. The van der Waals surface area contributed by atoms with Crippen molar-refractivity contribution in [2.75, 3.05) is 0 Å². The maximum absolute atomic E-state index is 11.5. The fraction of sp³-hybridized carbons (Fsp3) is 0.500. The first-order chi connectivity index (χ1) is 8.14. The molecule has 3 N–H and O–H groups in total. The molecule has 92 valence electrons. The standard InChI is InChI=1S/C14H19NO2/c15-14(13(16)17)10-6-2-5-9-12(14)11-7-3-1-4-8-11/h1,3-4,7-8,12H,2,5-6,9-10,15H2,(H,16,17). The normalized spacial score (nSPS) is 29.6. The number of hydrogen-bond acceptors (Lipinski definition) is 2. The highest BCUT2D eigenvalue weighted by Gasteiger charge is 2.43. The van der Waals surface area contributed by atoms with Crippen molar-refractivity contribution in [2.24, 2.45) is 5.73 Å². The second kappa shape index (κ2) is 4.88. The summed E-state index contributed by atoms with van der Waals surface area (Å²) in [5, 5.41) is 9.43. The van der Waals surface area contributed by atoms with Crippen LogP contribution in [0.4, 0.5) is 0 Å². The molecule has 0 saturated heterocycles. The van der Waals surface area contributed by atoms with Crippen LogP contribution in [0.1, 0.15) is 43.6 Å². The molecule has 17 heavy (non-hydrogen) atoms. The molecule has 3 heteroatoms. The Labute approximate surface area is 102 Å². The maximum Gasteiger partial charge on any atom is 0.324 e. The third kappa shape index (κ3) is 2.34. The third-order valence-corrected chi connectivity index (χ3v) is 3.81. The fourth-order valence-corrected chi connectivity index (χ4v) is 2.78. The van der Waals surface area contributed by atoms with Gasteiger partial charge >= 0.3 is 5.97 Å². The van der Waals surface area contributed by atoms with Crippen LogP contribution in [0.15, 0.2) is 30.3 Å². The summed E-state index contributed by atoms with van der Waals surface area (Å²) >= 11 is 0. The summed E-state index contributed by atoms with van der Waals surface area (Å²) in [5.41, 5.74) is 6.13. The zero-order chi connectivity index (χ0) is 12.3. The average Bonchev–Trinajstić information content (AvgIpc) is 2.53. The van der Waals surface area contributed by atoms with Gasteiger partial charge in [-0.3, -0.25) is 4.79 Å². The number of hydrogen-bond donors (Lipinski definition) is 2. The monoisotopic (exact) mass is 233 g/mol. The van der Waals surface area contributed by atoms with Crippen molar-refractivity contribution in [3.05, 3.63) is 35.9 Å². The minimum atomic E-state index is -1.10. The van der Waals surface area contributed by atoms with Gasteiger partial charge in [0.2, 0.25) is 0 Å². The molecule has 0 bridgehead atoms. The quantitative estimate of drug-likeness (QED) is 0.771. The number of nitrogens with two attached hydrogens (primary N) is 1. The molecule has 1 saturated carbocycles. The van der Waals surface area contributed by atoms with Crippen molar-refractivity contribution < 1.29 is 9.90 Å². The van der Waals surface area contributed by atoms with Crippen molar-refractivity contribution in [1.82, 2.24) is 0 Å². The van der Waals surface area contributed by atoms with Gasteiger partial charge in [0.15, 0.2) is 0 Å². The van der Waals surface area contributed by atoms with Gasteiger partial charge in [0.25, 0.3) is 0 Å². The summed E-state index contributed by atoms with van der Waals surface area (Å²) in [7, 11) is 0. The molecule has 2 unspecified atom stereocenters. The molecule has 1 fully saturated rings. The fourth-order valence-electron chi connectivity index (χ4n) is 2.78. The summed E-state index contributed by atoms with van der Waals surface area (Å²) in [6.45, 7) is 0. The molecule has 1 aromatic rings. The highest BCUT2D eigenvalue weighted by Crippen LogP contribution is 2.38. The van der Waals surface area contributed by atoms with Gasteiger partial charge in [0.05, 0.1) is 0 Å². The van der Waals surface area contributed by atoms with E-state index in [0.717, 1.165) is 31.2 Å². The lowest BCUT2D eigenvalue weighted by atomic mass is 9.76. The lowest BCUT2D eigenvalue weighted by Gasteiger charge is -2.32. The smallest absolute Gasteiger partial charge is 0.324 e. The molecular formula is C14H19NO2. The first kappa shape index (κ1) is 12.1. The lowest BCUT2D eigenvalue weighted by Crippen LogP contribution is -2.52. The van der Waals surface area contributed by atoms with E-state index >= 15 is 0 Å². The zero-order valence-corrected chi connectivity index (χ0v) is 9.93. The molecule has 0 radical (unpaired) electrons. The molecular weight excluding hydrogens is 214 g/mol. The van der Waals surface area contributed by atoms with Crippen molar-refractivity contribution in [3.63, 3.8) is 0 Å². The van der Waals surface area contributed by atoms with E-state index in [0.29, 0.717) is 6.42 Å². The van der Waals surface area contributed by atoms with Crippen molar-refractivity contribution in [1.29, 1.82) is 0 Å². The van der Waals surface area contributed by atoms with E-state index in [2.05, 4.69) is 0 Å². The number of carbonyl (C=O) groups is 1. The van der Waals surface area contributed by atoms with Gasteiger partial charge in [0, 0.05) is 5.92 Å². The van der Waals surface area contributed by atoms with Gasteiger partial charge in [0.1, 0.15) is 5.54 Å². The van der Waals surface area contributed by atoms with E-state index in [4.69, 9.17) is 5.73 Å². The van der Waals surface area contributed by atoms with Crippen molar-refractivity contribution in [3.8, 4) is 0 Å². The Bertz CT molecular complexity index is 390. The van der Waals surface area contributed by atoms with Gasteiger partial charge in [-0.1, -0.05) is 49.6 Å². The summed E-state index contributed by atoms with van der Waals surface area (Å²) < 4.78 is 0. The van der Waals surface area contributed by atoms with Crippen LogP contribution in [0, 0.1) is 0 Å². The molecule has 0 aliphatic heterocycles. The van der Waals surface area contributed by atoms with Crippen LogP contribution in [0.25, 0.3) is 0 Å². The number of rotatable bonds is 2. The predicted octanol–water partition coefficient (Wildman–Crippen LogP) is 2.52. The third-order valence-electron chi connectivity index (χ3n) is 3.81. The molecule has 0 aromatic heterocycles. The minimum absolute atomic E-state index is 0.0660. The summed E-state index contributed by atoms with van der Waals surface area (Å²) in [6, 6.07) is 9.81. The largest absolute Gasteiger partial charge is 0.480 e. The molecule has 0 spiro atoms. The van der Waals surface area contributed by atoms with E-state index in [1.54, 1.807) is 0 Å². The van der Waals surface area contributed by atoms with Gasteiger partial charge in [-0.15, -0.1) is 0 Å². The number of carboxylic acids is 1. The molecule has 0 amide bonds. The molecule has 2 rings (SSSR count). The molecule has 1 aromatic carbocycles. The minimum Gasteiger partial charge on any atom is -0.480 e. The van der Waals surface area contributed by atoms with Crippen LogP contribution in [0.3, 0.4) is 0 Å². The highest BCUT2D eigenvalue weighted by molar-refractivity contribution is 5.80. The topological polar surface area (TPSA) is 63.3 Å². The molecule has 2 atom stereocenters. The summed E-state index contributed by atoms with van der Waals surface area (Å²) in [6.07, 6.45) is 4.49. The molecule has 3 nitrogen and oxygen atoms in total. The Balaban J connectivity index is 2.36. The van der Waals surface area contributed by atoms with Crippen LogP contribution in [-0.2, 0) is 4.79 Å². The summed E-state index contributed by atoms with van der Waals surface area (Å²) in [5.74, 6) is -0.933. The number of aliphatic carboxylic acids is 1. The van der Waals surface area contributed by atoms with Crippen molar-refractivity contribution in [2.45, 2.75) is 43.6 Å². The van der Waals surface area contributed by atoms with Crippen LogP contribution >= 0.6 is 0 Å². The molecule has 0 heterocycles. The number of carboxylic acid groups (broad SMARTS) is 1. The van der Waals surface area contributed by atoms with Gasteiger partial charge in [-0.2, -0.15) is 0 Å². The van der Waals surface area contributed by atoms with Gasteiger partial charge in [-0.25, -0.2) is 0 Å². The van der Waals surface area contributed by atoms with E-state index < -0.39 is 11.5 Å². The predicted molar refractivity (Wildman–Crippen MR) is 66.8 cm³/mol. The first-order valence-electron chi connectivity index (χ1n) is 6.22. The second-order valence-electron chi connectivity index (χ2n) is 4.91. The molecule has 1 aliphatic rings. The van der Waals surface area contributed by atoms with Gasteiger partial charge < -0.3 is 10.8 Å². The van der Waals surface area contributed by atoms with Crippen molar-refractivity contribution >= 4 is 5.97 Å². The summed E-state index contributed by atoms with van der Waals surface area (Å²) in [4.78, 5) is 11.5. The van der Waals surface area contributed by atoms with Crippen LogP contribution < -0.4 is 5.73 Å². The Morgan fingerprint density at radius 1 is 1.24 bits per heavy atom. The zero-order valence-electron chi connectivity index (χ0n) is 9.93. The molecule has 1 aliphatic carbocycles. The lowest BCUT2D eigenvalue weighted by molar-refractivity contribution is -0.144.